The third-order valence-corrected chi connectivity index (χ3v) is 3.86. The summed E-state index contributed by atoms with van der Waals surface area (Å²) in [5, 5.41) is 0. The Bertz CT molecular complexity index is 419. The first-order chi connectivity index (χ1) is 8.14. The van der Waals surface area contributed by atoms with Crippen molar-refractivity contribution in [2.45, 2.75) is 41.5 Å². The van der Waals surface area contributed by atoms with Gasteiger partial charge < -0.3 is 0 Å². The van der Waals surface area contributed by atoms with Gasteiger partial charge in [-0.15, -0.1) is 0 Å². The van der Waals surface area contributed by atoms with Crippen molar-refractivity contribution in [3.05, 3.63) is 35.5 Å². The summed E-state index contributed by atoms with van der Waals surface area (Å²) in [5.74, 6) is 0.327. The van der Waals surface area contributed by atoms with Gasteiger partial charge in [0.25, 0.3) is 0 Å². The van der Waals surface area contributed by atoms with Gasteiger partial charge >= 0.3 is 0 Å². The Balaban J connectivity index is 2.70. The van der Waals surface area contributed by atoms with Crippen LogP contribution in [0.3, 0.4) is 0 Å². The van der Waals surface area contributed by atoms with Gasteiger partial charge in [0.15, 0.2) is 5.78 Å². The molecule has 98 valence electrons. The molecule has 0 aliphatic heterocycles. The molecule has 0 saturated carbocycles. The van der Waals surface area contributed by atoms with E-state index < -0.39 is 0 Å². The third kappa shape index (κ3) is 2.00. The maximum atomic E-state index is 12.6. The van der Waals surface area contributed by atoms with Crippen LogP contribution >= 0.6 is 0 Å². The Kier molecular flexibility index (Phi) is 2.92. The topological polar surface area (TPSA) is 17.1 Å². The monoisotopic (exact) mass is 244 g/mol. The second-order valence-electron chi connectivity index (χ2n) is 7.45. The lowest BCUT2D eigenvalue weighted by atomic mass is 9.72. The Morgan fingerprint density at radius 2 is 1.11 bits per heavy atom. The van der Waals surface area contributed by atoms with Crippen LogP contribution in [-0.2, 0) is 4.79 Å². The summed E-state index contributed by atoms with van der Waals surface area (Å²) in [4.78, 5) is 12.6. The lowest BCUT2D eigenvalue weighted by molar-refractivity contribution is -0.121. The minimum Gasteiger partial charge on any atom is -0.298 e. The highest BCUT2D eigenvalue weighted by molar-refractivity contribution is 5.96. The smallest absolute Gasteiger partial charge is 0.154 e. The minimum atomic E-state index is -0.0146. The van der Waals surface area contributed by atoms with Crippen molar-refractivity contribution in [3.8, 4) is 0 Å². The molecule has 2 rings (SSSR count). The molecule has 2 atom stereocenters. The summed E-state index contributed by atoms with van der Waals surface area (Å²) < 4.78 is 0. The number of allylic oxidation sites excluding steroid dienone is 6. The van der Waals surface area contributed by atoms with Gasteiger partial charge in [0.1, 0.15) is 0 Å². The zero-order chi connectivity index (χ0) is 13.7. The second-order valence-corrected chi connectivity index (χ2v) is 7.45. The molecule has 0 fully saturated rings. The predicted octanol–water partition coefficient (Wildman–Crippen LogP) is 4.32. The Labute approximate surface area is 111 Å². The standard InChI is InChI=1S/C17H24O/c1-16(2,3)13-11-9-7-8-10-12(15(11)18)14(13)17(4,5)6/h7-12H,1-6H3/t11-,12-/m0/s1. The van der Waals surface area contributed by atoms with Crippen molar-refractivity contribution < 1.29 is 4.79 Å². The lowest BCUT2D eigenvalue weighted by Gasteiger charge is -2.32. The Morgan fingerprint density at radius 1 is 0.778 bits per heavy atom. The first-order valence-electron chi connectivity index (χ1n) is 6.78. The van der Waals surface area contributed by atoms with Gasteiger partial charge in [0, 0.05) is 0 Å². The van der Waals surface area contributed by atoms with Crippen molar-refractivity contribution in [2.24, 2.45) is 22.7 Å². The summed E-state index contributed by atoms with van der Waals surface area (Å²) in [6, 6.07) is 0. The van der Waals surface area contributed by atoms with Crippen molar-refractivity contribution in [1.29, 1.82) is 0 Å². The molecule has 2 bridgehead atoms. The van der Waals surface area contributed by atoms with E-state index in [1.165, 1.54) is 11.1 Å². The summed E-state index contributed by atoms with van der Waals surface area (Å²) in [6.45, 7) is 13.3. The Hall–Kier alpha value is -1.11. The number of hydrogen-bond donors (Lipinski definition) is 0. The van der Waals surface area contributed by atoms with E-state index in [9.17, 15) is 4.79 Å². The molecule has 0 heterocycles. The first kappa shape index (κ1) is 13.3. The number of hydrogen-bond acceptors (Lipinski definition) is 1. The SMILES string of the molecule is CC(C)(C)C1=C(C(C)(C)C)[C@@H]2C=CC=C[C@@H]1C2=O. The van der Waals surface area contributed by atoms with Crippen LogP contribution in [0.25, 0.3) is 0 Å². The molecule has 0 unspecified atom stereocenters. The van der Waals surface area contributed by atoms with Gasteiger partial charge in [-0.2, -0.15) is 0 Å². The number of fused-ring (bicyclic) bond motifs is 2. The van der Waals surface area contributed by atoms with Crippen molar-refractivity contribution in [1.82, 2.24) is 0 Å². The van der Waals surface area contributed by atoms with E-state index in [2.05, 4.69) is 53.7 Å². The summed E-state index contributed by atoms with van der Waals surface area (Å²) >= 11 is 0. The largest absolute Gasteiger partial charge is 0.298 e. The molecule has 0 aromatic carbocycles. The minimum absolute atomic E-state index is 0.0146. The zero-order valence-corrected chi connectivity index (χ0v) is 12.4. The number of carbonyl (C=O) groups excluding carboxylic acids is 1. The van der Waals surface area contributed by atoms with E-state index >= 15 is 0 Å². The number of carbonyl (C=O) groups is 1. The molecule has 2 aliphatic carbocycles. The molecule has 1 nitrogen and oxygen atoms in total. The van der Waals surface area contributed by atoms with Crippen LogP contribution in [0.15, 0.2) is 35.5 Å². The maximum absolute atomic E-state index is 12.6. The molecule has 0 aromatic heterocycles. The lowest BCUT2D eigenvalue weighted by Crippen LogP contribution is -2.21. The summed E-state index contributed by atoms with van der Waals surface area (Å²) in [7, 11) is 0. The van der Waals surface area contributed by atoms with Crippen LogP contribution in [-0.4, -0.2) is 5.78 Å². The molecule has 0 saturated heterocycles. The first-order valence-corrected chi connectivity index (χ1v) is 6.78. The number of rotatable bonds is 0. The average Bonchev–Trinajstić information content (AvgIpc) is 2.28. The fourth-order valence-corrected chi connectivity index (χ4v) is 3.29. The third-order valence-electron chi connectivity index (χ3n) is 3.86. The van der Waals surface area contributed by atoms with E-state index in [0.29, 0.717) is 5.78 Å². The normalized spacial score (nSPS) is 28.0. The van der Waals surface area contributed by atoms with E-state index in [1.807, 2.05) is 12.2 Å². The van der Waals surface area contributed by atoms with Crippen LogP contribution in [0, 0.1) is 22.7 Å². The van der Waals surface area contributed by atoms with Crippen molar-refractivity contribution in [2.75, 3.05) is 0 Å². The summed E-state index contributed by atoms with van der Waals surface area (Å²) in [6.07, 6.45) is 8.18. The van der Waals surface area contributed by atoms with E-state index in [4.69, 9.17) is 0 Å². The molecule has 0 spiro atoms. The highest BCUT2D eigenvalue weighted by Crippen LogP contribution is 2.51. The maximum Gasteiger partial charge on any atom is 0.154 e. The number of Topliss-reactive ketones (excluding diaryl/α,β-unsaturated/α-hetero) is 1. The Morgan fingerprint density at radius 3 is 1.39 bits per heavy atom. The molecule has 0 radical (unpaired) electrons. The predicted molar refractivity (Wildman–Crippen MR) is 76.2 cm³/mol. The second kappa shape index (κ2) is 3.94. The molecule has 0 amide bonds. The van der Waals surface area contributed by atoms with Gasteiger partial charge in [-0.3, -0.25) is 4.79 Å². The van der Waals surface area contributed by atoms with Crippen molar-refractivity contribution >= 4 is 5.78 Å². The molecule has 0 N–H and O–H groups in total. The van der Waals surface area contributed by atoms with Crippen LogP contribution in [0.5, 0.6) is 0 Å². The summed E-state index contributed by atoms with van der Waals surface area (Å²) in [5.41, 5.74) is 2.77. The van der Waals surface area contributed by atoms with Crippen molar-refractivity contribution in [3.63, 3.8) is 0 Å². The molecular weight excluding hydrogens is 220 g/mol. The molecule has 1 heteroatoms. The van der Waals surface area contributed by atoms with Gasteiger partial charge in [-0.05, 0) is 22.0 Å². The number of ketones is 1. The fraction of sp³-hybridized carbons (Fsp3) is 0.588. The molecular formula is C17H24O. The fourth-order valence-electron chi connectivity index (χ4n) is 3.29. The molecule has 18 heavy (non-hydrogen) atoms. The molecule has 2 aliphatic rings. The van der Waals surface area contributed by atoms with E-state index in [0.717, 1.165) is 0 Å². The van der Waals surface area contributed by atoms with Gasteiger partial charge in [0.05, 0.1) is 11.8 Å². The van der Waals surface area contributed by atoms with Crippen LogP contribution in [0.2, 0.25) is 0 Å². The zero-order valence-electron chi connectivity index (χ0n) is 12.4. The average molecular weight is 244 g/mol. The quantitative estimate of drug-likeness (QED) is 0.580. The van der Waals surface area contributed by atoms with Crippen LogP contribution < -0.4 is 0 Å². The molecule has 0 aromatic rings. The van der Waals surface area contributed by atoms with Crippen LogP contribution in [0.1, 0.15) is 41.5 Å². The van der Waals surface area contributed by atoms with Crippen LogP contribution in [0.4, 0.5) is 0 Å². The van der Waals surface area contributed by atoms with Gasteiger partial charge in [-0.1, -0.05) is 65.8 Å². The van der Waals surface area contributed by atoms with Gasteiger partial charge in [-0.25, -0.2) is 0 Å². The van der Waals surface area contributed by atoms with E-state index in [1.54, 1.807) is 0 Å². The highest BCUT2D eigenvalue weighted by atomic mass is 16.1. The highest BCUT2D eigenvalue weighted by Gasteiger charge is 2.46. The van der Waals surface area contributed by atoms with E-state index in [-0.39, 0.29) is 22.7 Å². The van der Waals surface area contributed by atoms with Gasteiger partial charge in [0.2, 0.25) is 0 Å².